The van der Waals surface area contributed by atoms with Crippen molar-refractivity contribution in [3.05, 3.63) is 36.5 Å². The summed E-state index contributed by atoms with van der Waals surface area (Å²) >= 11 is 0. The Morgan fingerprint density at radius 3 is 0.757 bits per heavy atom. The normalized spacial score (nSPS) is 12.2. The molecule has 6 nitrogen and oxygen atoms in total. The van der Waals surface area contributed by atoms with Gasteiger partial charge in [0.05, 0.1) is 0 Å². The lowest BCUT2D eigenvalue weighted by Gasteiger charge is -2.18. The van der Waals surface area contributed by atoms with Gasteiger partial charge in [-0.25, -0.2) is 0 Å². The molecule has 0 aromatic heterocycles. The SMILES string of the molecule is CCCCCCC/C=C\C/C=C\C/C=C\CCCCCCCCCCCCCCCCCCC(=O)OCC(COC(=O)CCCCCCC)OC(=O)CCCCCCCCCCCCCCCCCCCCCC. The van der Waals surface area contributed by atoms with Crippen molar-refractivity contribution in [1.82, 2.24) is 0 Å². The van der Waals surface area contributed by atoms with E-state index < -0.39 is 6.10 Å². The predicted octanol–water partition coefficient (Wildman–Crippen LogP) is 22.4. The quantitative estimate of drug-likeness (QED) is 0.0261. The molecule has 0 aliphatic heterocycles. The van der Waals surface area contributed by atoms with Crippen molar-refractivity contribution in [3.63, 3.8) is 0 Å². The summed E-state index contributed by atoms with van der Waals surface area (Å²) < 4.78 is 16.8. The minimum absolute atomic E-state index is 0.0670. The highest BCUT2D eigenvalue weighted by atomic mass is 16.6. The maximum Gasteiger partial charge on any atom is 0.306 e. The molecule has 0 aliphatic rings. The average Bonchev–Trinajstić information content (AvgIpc) is 3.40. The summed E-state index contributed by atoms with van der Waals surface area (Å²) in [7, 11) is 0. The van der Waals surface area contributed by atoms with Gasteiger partial charge in [-0.15, -0.1) is 0 Å². The molecule has 0 N–H and O–H groups in total. The van der Waals surface area contributed by atoms with Crippen LogP contribution in [0.1, 0.15) is 361 Å². The summed E-state index contributed by atoms with van der Waals surface area (Å²) in [5, 5.41) is 0. The fourth-order valence-corrected chi connectivity index (χ4v) is 9.92. The molecule has 0 aromatic carbocycles. The van der Waals surface area contributed by atoms with Crippen LogP contribution in [0.3, 0.4) is 0 Å². The van der Waals surface area contributed by atoms with Gasteiger partial charge in [0, 0.05) is 19.3 Å². The maximum atomic E-state index is 12.8. The van der Waals surface area contributed by atoms with E-state index in [0.717, 1.165) is 77.0 Å². The Morgan fingerprint density at radius 2 is 0.486 bits per heavy atom. The summed E-state index contributed by atoms with van der Waals surface area (Å²) in [6, 6.07) is 0. The van der Waals surface area contributed by atoms with Crippen LogP contribution < -0.4 is 0 Å². The molecular formula is C68H126O6. The Bertz CT molecular complexity index is 1240. The molecule has 0 amide bonds. The number of rotatable bonds is 61. The molecule has 6 heteroatoms. The Balaban J connectivity index is 3.94. The highest BCUT2D eigenvalue weighted by Gasteiger charge is 2.19. The van der Waals surface area contributed by atoms with Crippen molar-refractivity contribution in [2.24, 2.45) is 0 Å². The van der Waals surface area contributed by atoms with Gasteiger partial charge in [-0.05, 0) is 57.8 Å². The largest absolute Gasteiger partial charge is 0.462 e. The van der Waals surface area contributed by atoms with Crippen molar-refractivity contribution in [2.45, 2.75) is 367 Å². The van der Waals surface area contributed by atoms with Crippen LogP contribution in [0.4, 0.5) is 0 Å². The summed E-state index contributed by atoms with van der Waals surface area (Å²) in [6.07, 6.45) is 77.9. The monoisotopic (exact) mass is 1040 g/mol. The lowest BCUT2D eigenvalue weighted by molar-refractivity contribution is -0.167. The van der Waals surface area contributed by atoms with Crippen LogP contribution in [0.15, 0.2) is 36.5 Å². The molecule has 0 aliphatic carbocycles. The van der Waals surface area contributed by atoms with Crippen LogP contribution in [-0.4, -0.2) is 37.2 Å². The summed E-state index contributed by atoms with van der Waals surface area (Å²) in [4.78, 5) is 37.9. The fourth-order valence-electron chi connectivity index (χ4n) is 9.92. The number of carbonyl (C=O) groups excluding carboxylic acids is 3. The molecule has 74 heavy (non-hydrogen) atoms. The third-order valence-electron chi connectivity index (χ3n) is 14.9. The van der Waals surface area contributed by atoms with Gasteiger partial charge in [0.15, 0.2) is 6.10 Å². The van der Waals surface area contributed by atoms with Gasteiger partial charge in [0.25, 0.3) is 0 Å². The number of hydrogen-bond donors (Lipinski definition) is 0. The minimum Gasteiger partial charge on any atom is -0.462 e. The third kappa shape index (κ3) is 60.5. The van der Waals surface area contributed by atoms with E-state index in [1.165, 1.54) is 244 Å². The van der Waals surface area contributed by atoms with E-state index in [9.17, 15) is 14.4 Å². The van der Waals surface area contributed by atoms with Gasteiger partial charge >= 0.3 is 17.9 Å². The second kappa shape index (κ2) is 63.2. The lowest BCUT2D eigenvalue weighted by Crippen LogP contribution is -2.30. The second-order valence-electron chi connectivity index (χ2n) is 22.4. The first-order valence-corrected chi connectivity index (χ1v) is 33.0. The number of unbranched alkanes of at least 4 members (excludes halogenated alkanes) is 44. The van der Waals surface area contributed by atoms with E-state index in [2.05, 4.69) is 57.2 Å². The van der Waals surface area contributed by atoms with Gasteiger partial charge in [0.1, 0.15) is 13.2 Å². The van der Waals surface area contributed by atoms with Gasteiger partial charge in [0.2, 0.25) is 0 Å². The van der Waals surface area contributed by atoms with E-state index in [1.54, 1.807) is 0 Å². The van der Waals surface area contributed by atoms with Crippen molar-refractivity contribution < 1.29 is 28.6 Å². The van der Waals surface area contributed by atoms with Crippen molar-refractivity contribution >= 4 is 17.9 Å². The van der Waals surface area contributed by atoms with E-state index in [0.29, 0.717) is 19.3 Å². The summed E-state index contributed by atoms with van der Waals surface area (Å²) in [6.45, 7) is 6.60. The molecule has 0 aromatic rings. The van der Waals surface area contributed by atoms with E-state index in [-0.39, 0.29) is 31.1 Å². The van der Waals surface area contributed by atoms with Crippen LogP contribution >= 0.6 is 0 Å². The molecule has 1 unspecified atom stereocenters. The first-order chi connectivity index (χ1) is 36.5. The Labute approximate surface area is 461 Å². The van der Waals surface area contributed by atoms with Crippen LogP contribution in [0.2, 0.25) is 0 Å². The molecule has 0 spiro atoms. The zero-order valence-corrected chi connectivity index (χ0v) is 49.9. The molecule has 1 atom stereocenters. The minimum atomic E-state index is -0.765. The van der Waals surface area contributed by atoms with E-state index in [1.807, 2.05) is 0 Å². The highest BCUT2D eigenvalue weighted by Crippen LogP contribution is 2.18. The van der Waals surface area contributed by atoms with Crippen LogP contribution in [0.25, 0.3) is 0 Å². The fraction of sp³-hybridized carbons (Fsp3) is 0.868. The number of hydrogen-bond acceptors (Lipinski definition) is 6. The smallest absolute Gasteiger partial charge is 0.306 e. The number of allylic oxidation sites excluding steroid dienone is 6. The summed E-state index contributed by atoms with van der Waals surface area (Å²) in [5.74, 6) is -0.858. The highest BCUT2D eigenvalue weighted by molar-refractivity contribution is 5.71. The Kier molecular flexibility index (Phi) is 61.1. The van der Waals surface area contributed by atoms with Gasteiger partial charge in [-0.3, -0.25) is 14.4 Å². The zero-order chi connectivity index (χ0) is 53.6. The molecular weight excluding hydrogens is 913 g/mol. The van der Waals surface area contributed by atoms with Crippen molar-refractivity contribution in [3.8, 4) is 0 Å². The summed E-state index contributed by atoms with van der Waals surface area (Å²) in [5.41, 5.74) is 0. The Hall–Kier alpha value is -2.37. The zero-order valence-electron chi connectivity index (χ0n) is 49.9. The molecule has 0 fully saturated rings. The molecule has 0 rings (SSSR count). The van der Waals surface area contributed by atoms with E-state index in [4.69, 9.17) is 14.2 Å². The van der Waals surface area contributed by atoms with Crippen molar-refractivity contribution in [2.75, 3.05) is 13.2 Å². The molecule has 434 valence electrons. The predicted molar refractivity (Wildman–Crippen MR) is 321 cm³/mol. The van der Waals surface area contributed by atoms with Gasteiger partial charge < -0.3 is 14.2 Å². The first-order valence-electron chi connectivity index (χ1n) is 33.0. The van der Waals surface area contributed by atoms with Crippen LogP contribution in [-0.2, 0) is 28.6 Å². The number of ether oxygens (including phenoxy) is 3. The molecule has 0 heterocycles. The second-order valence-corrected chi connectivity index (χ2v) is 22.4. The lowest BCUT2D eigenvalue weighted by atomic mass is 10.0. The van der Waals surface area contributed by atoms with Crippen LogP contribution in [0, 0.1) is 0 Å². The standard InChI is InChI=1S/C68H126O6/c1-4-7-10-13-15-17-19-21-23-25-27-29-30-31-32-33-34-35-36-37-38-39-41-42-44-46-48-50-52-55-58-61-67(70)73-64-65(63-72-66(69)60-57-54-12-9-6-3)74-68(71)62-59-56-53-51-49-47-45-43-40-28-26-24-22-20-18-16-14-11-8-5-2/h19,21,25,27,30-31,65H,4-18,20,22-24,26,28-29,32-64H2,1-3H3/b21-19-,27-25-,31-30-. The molecule has 0 saturated carbocycles. The van der Waals surface area contributed by atoms with Gasteiger partial charge in [-0.2, -0.15) is 0 Å². The topological polar surface area (TPSA) is 78.9 Å². The molecule has 0 saturated heterocycles. The third-order valence-corrected chi connectivity index (χ3v) is 14.9. The van der Waals surface area contributed by atoms with Crippen molar-refractivity contribution in [1.29, 1.82) is 0 Å². The first kappa shape index (κ1) is 71.6. The molecule has 0 bridgehead atoms. The molecule has 0 radical (unpaired) electrons. The number of esters is 3. The van der Waals surface area contributed by atoms with Crippen LogP contribution in [0.5, 0.6) is 0 Å². The Morgan fingerprint density at radius 1 is 0.270 bits per heavy atom. The maximum absolute atomic E-state index is 12.8. The number of carbonyl (C=O) groups is 3. The van der Waals surface area contributed by atoms with Gasteiger partial charge in [-0.1, -0.05) is 320 Å². The van der Waals surface area contributed by atoms with E-state index >= 15 is 0 Å². The average molecular weight is 1040 g/mol.